The number of amides is 1. The smallest absolute Gasteiger partial charge is 0.226 e. The number of nitrogens with one attached hydrogen (secondary N) is 1. The first-order chi connectivity index (χ1) is 8.98. The van der Waals surface area contributed by atoms with E-state index in [0.717, 1.165) is 10.1 Å². The van der Waals surface area contributed by atoms with Gasteiger partial charge in [-0.15, -0.1) is 10.2 Å². The largest absolute Gasteiger partial charge is 0.300 e. The Labute approximate surface area is 120 Å². The molecule has 1 aliphatic rings. The molecule has 0 saturated carbocycles. The van der Waals surface area contributed by atoms with Crippen molar-refractivity contribution in [3.05, 3.63) is 0 Å². The third-order valence-electron chi connectivity index (χ3n) is 2.72. The van der Waals surface area contributed by atoms with Gasteiger partial charge in [0.2, 0.25) is 11.0 Å². The summed E-state index contributed by atoms with van der Waals surface area (Å²) in [7, 11) is -2.93. The van der Waals surface area contributed by atoms with Crippen molar-refractivity contribution >= 4 is 44.0 Å². The highest BCUT2D eigenvalue weighted by molar-refractivity contribution is 8.01. The Hall–Kier alpha value is -0.670. The fraction of sp³-hybridized carbons (Fsp3) is 0.700. The fourth-order valence-electron chi connectivity index (χ4n) is 1.91. The number of anilines is 1. The Morgan fingerprint density at radius 3 is 2.95 bits per heavy atom. The molecule has 6 nitrogen and oxygen atoms in total. The molecule has 0 spiro atoms. The van der Waals surface area contributed by atoms with Gasteiger partial charge in [0.25, 0.3) is 0 Å². The van der Waals surface area contributed by atoms with Gasteiger partial charge in [-0.2, -0.15) is 0 Å². The zero-order valence-corrected chi connectivity index (χ0v) is 12.9. The van der Waals surface area contributed by atoms with Gasteiger partial charge in [-0.05, 0) is 18.1 Å². The minimum atomic E-state index is -2.93. The van der Waals surface area contributed by atoms with E-state index in [1.54, 1.807) is 11.8 Å². The van der Waals surface area contributed by atoms with Crippen LogP contribution in [0.4, 0.5) is 5.13 Å². The summed E-state index contributed by atoms with van der Waals surface area (Å²) in [5.41, 5.74) is 0. The molecular formula is C10H15N3O3S3. The van der Waals surface area contributed by atoms with E-state index in [-0.39, 0.29) is 29.8 Å². The highest BCUT2D eigenvalue weighted by atomic mass is 32.2. The number of rotatable bonds is 5. The van der Waals surface area contributed by atoms with E-state index in [1.165, 1.54) is 11.3 Å². The normalized spacial score (nSPS) is 21.4. The van der Waals surface area contributed by atoms with Crippen molar-refractivity contribution in [3.63, 3.8) is 0 Å². The summed E-state index contributed by atoms with van der Waals surface area (Å²) >= 11 is 2.90. The maximum atomic E-state index is 11.8. The summed E-state index contributed by atoms with van der Waals surface area (Å²) in [5, 5.41) is 11.0. The van der Waals surface area contributed by atoms with Crippen molar-refractivity contribution in [2.45, 2.75) is 24.1 Å². The Morgan fingerprint density at radius 1 is 1.53 bits per heavy atom. The number of carbonyl (C=O) groups is 1. The van der Waals surface area contributed by atoms with Gasteiger partial charge in [-0.25, -0.2) is 8.42 Å². The third kappa shape index (κ3) is 4.43. The second-order valence-corrected chi connectivity index (χ2v) is 9.04. The molecule has 1 amide bonds. The van der Waals surface area contributed by atoms with Crippen LogP contribution in [0.5, 0.6) is 0 Å². The summed E-state index contributed by atoms with van der Waals surface area (Å²) in [6, 6.07) is 0. The third-order valence-corrected chi connectivity index (χ3v) is 6.41. The topological polar surface area (TPSA) is 89.0 Å². The van der Waals surface area contributed by atoms with Crippen molar-refractivity contribution in [1.29, 1.82) is 0 Å². The monoisotopic (exact) mass is 321 g/mol. The van der Waals surface area contributed by atoms with Crippen LogP contribution < -0.4 is 5.32 Å². The summed E-state index contributed by atoms with van der Waals surface area (Å²) < 4.78 is 23.4. The molecule has 1 atom stereocenters. The lowest BCUT2D eigenvalue weighted by Gasteiger charge is -2.05. The van der Waals surface area contributed by atoms with Gasteiger partial charge < -0.3 is 5.32 Å². The number of nitrogens with zero attached hydrogens (tertiary/aromatic N) is 2. The number of sulfone groups is 1. The van der Waals surface area contributed by atoms with Gasteiger partial charge in [-0.3, -0.25) is 4.79 Å². The van der Waals surface area contributed by atoms with Crippen LogP contribution in [-0.4, -0.2) is 41.8 Å². The SMILES string of the molecule is CCSc1nnc(NC(=O)C[C@@H]2CCS(=O)(=O)C2)s1. The Bertz CT molecular complexity index is 555. The predicted octanol–water partition coefficient (Wildman–Crippen LogP) is 1.41. The van der Waals surface area contributed by atoms with Crippen molar-refractivity contribution in [3.8, 4) is 0 Å². The number of thioether (sulfide) groups is 1. The molecule has 9 heteroatoms. The predicted molar refractivity (Wildman–Crippen MR) is 76.3 cm³/mol. The molecule has 0 aromatic carbocycles. The number of aromatic nitrogens is 2. The van der Waals surface area contributed by atoms with E-state index < -0.39 is 9.84 Å². The molecule has 1 aromatic heterocycles. The first kappa shape index (κ1) is 14.7. The van der Waals surface area contributed by atoms with E-state index in [1.807, 2.05) is 6.92 Å². The molecule has 1 aromatic rings. The van der Waals surface area contributed by atoms with Crippen molar-refractivity contribution in [1.82, 2.24) is 10.2 Å². The minimum Gasteiger partial charge on any atom is -0.300 e. The molecule has 0 radical (unpaired) electrons. The maximum absolute atomic E-state index is 11.8. The van der Waals surface area contributed by atoms with Gasteiger partial charge in [-0.1, -0.05) is 30.0 Å². The molecule has 1 saturated heterocycles. The molecule has 1 fully saturated rings. The molecule has 1 aliphatic heterocycles. The lowest BCUT2D eigenvalue weighted by molar-refractivity contribution is -0.116. The van der Waals surface area contributed by atoms with E-state index in [2.05, 4.69) is 15.5 Å². The first-order valence-electron chi connectivity index (χ1n) is 5.95. The van der Waals surface area contributed by atoms with Crippen LogP contribution in [0.3, 0.4) is 0 Å². The Kier molecular flexibility index (Phi) is 4.80. The molecule has 106 valence electrons. The van der Waals surface area contributed by atoms with Crippen LogP contribution in [0, 0.1) is 5.92 Å². The lowest BCUT2D eigenvalue weighted by atomic mass is 10.1. The highest BCUT2D eigenvalue weighted by Gasteiger charge is 2.29. The highest BCUT2D eigenvalue weighted by Crippen LogP contribution is 2.26. The lowest BCUT2D eigenvalue weighted by Crippen LogP contribution is -2.17. The molecule has 1 N–H and O–H groups in total. The average molecular weight is 321 g/mol. The van der Waals surface area contributed by atoms with Crippen molar-refractivity contribution in [2.24, 2.45) is 5.92 Å². The van der Waals surface area contributed by atoms with Gasteiger partial charge in [0, 0.05) is 6.42 Å². The molecular weight excluding hydrogens is 306 g/mol. The first-order valence-corrected chi connectivity index (χ1v) is 9.57. The Balaban J connectivity index is 1.84. The standard InChI is InChI=1S/C10H15N3O3S3/c1-2-17-10-13-12-9(18-10)11-8(14)5-7-3-4-19(15,16)6-7/h7H,2-6H2,1H3,(H,11,12,14)/t7-/m0/s1. The molecule has 2 heterocycles. The quantitative estimate of drug-likeness (QED) is 0.651. The van der Waals surface area contributed by atoms with Crippen LogP contribution in [0.2, 0.25) is 0 Å². The zero-order chi connectivity index (χ0) is 13.9. The zero-order valence-electron chi connectivity index (χ0n) is 10.5. The van der Waals surface area contributed by atoms with Crippen molar-refractivity contribution in [2.75, 3.05) is 22.6 Å². The maximum Gasteiger partial charge on any atom is 0.226 e. The average Bonchev–Trinajstić information content (AvgIpc) is 2.86. The number of hydrogen-bond acceptors (Lipinski definition) is 7. The van der Waals surface area contributed by atoms with Crippen LogP contribution in [-0.2, 0) is 14.6 Å². The van der Waals surface area contributed by atoms with Crippen molar-refractivity contribution < 1.29 is 13.2 Å². The number of carbonyl (C=O) groups excluding carboxylic acids is 1. The number of hydrogen-bond donors (Lipinski definition) is 1. The van der Waals surface area contributed by atoms with E-state index >= 15 is 0 Å². The summed E-state index contributed by atoms with van der Waals surface area (Å²) in [4.78, 5) is 11.8. The molecule has 0 unspecified atom stereocenters. The fourth-order valence-corrected chi connectivity index (χ4v) is 5.43. The van der Waals surface area contributed by atoms with Gasteiger partial charge in [0.05, 0.1) is 11.5 Å². The molecule has 0 aliphatic carbocycles. The van der Waals surface area contributed by atoms with E-state index in [4.69, 9.17) is 0 Å². The second kappa shape index (κ2) is 6.19. The van der Waals surface area contributed by atoms with Crippen LogP contribution >= 0.6 is 23.1 Å². The van der Waals surface area contributed by atoms with E-state index in [9.17, 15) is 13.2 Å². The van der Waals surface area contributed by atoms with Crippen LogP contribution in [0.25, 0.3) is 0 Å². The summed E-state index contributed by atoms with van der Waals surface area (Å²) in [6.45, 7) is 2.02. The minimum absolute atomic E-state index is 0.0672. The van der Waals surface area contributed by atoms with Crippen LogP contribution in [0.1, 0.15) is 19.8 Å². The van der Waals surface area contributed by atoms with Gasteiger partial charge in [0.15, 0.2) is 14.2 Å². The van der Waals surface area contributed by atoms with Gasteiger partial charge >= 0.3 is 0 Å². The van der Waals surface area contributed by atoms with Gasteiger partial charge in [0.1, 0.15) is 0 Å². The molecule has 0 bridgehead atoms. The summed E-state index contributed by atoms with van der Waals surface area (Å²) in [6.07, 6.45) is 0.803. The molecule has 2 rings (SSSR count). The van der Waals surface area contributed by atoms with Crippen LogP contribution in [0.15, 0.2) is 4.34 Å². The summed E-state index contributed by atoms with van der Waals surface area (Å²) in [5.74, 6) is 0.963. The molecule has 19 heavy (non-hydrogen) atoms. The van der Waals surface area contributed by atoms with E-state index in [0.29, 0.717) is 11.6 Å². The Morgan fingerprint density at radius 2 is 2.32 bits per heavy atom. The second-order valence-electron chi connectivity index (χ2n) is 4.33.